The molecule has 138 valence electrons. The number of amides is 1. The van der Waals surface area contributed by atoms with Gasteiger partial charge in [0.25, 0.3) is 0 Å². The summed E-state index contributed by atoms with van der Waals surface area (Å²) in [5, 5.41) is 21.3. The lowest BCUT2D eigenvalue weighted by molar-refractivity contribution is -0.144. The van der Waals surface area contributed by atoms with Gasteiger partial charge in [-0.3, -0.25) is 19.4 Å². The Morgan fingerprint density at radius 2 is 1.92 bits per heavy atom. The molecule has 1 aromatic heterocycles. The van der Waals surface area contributed by atoms with E-state index in [-0.39, 0.29) is 18.9 Å². The molecule has 1 amide bonds. The number of carboxylic acids is 1. The molecular weight excluding hydrogens is 348 g/mol. The lowest BCUT2D eigenvalue weighted by atomic mass is 10.0. The molecule has 0 bridgehead atoms. The maximum Gasteiger partial charge on any atom is 0.308 e. The molecular formula is C16H23ClN4O4. The van der Waals surface area contributed by atoms with Crippen LogP contribution >= 0.6 is 11.6 Å². The normalized spacial score (nSPS) is 17.2. The van der Waals surface area contributed by atoms with Gasteiger partial charge < -0.3 is 15.5 Å². The van der Waals surface area contributed by atoms with E-state index in [9.17, 15) is 14.7 Å². The molecule has 2 rings (SSSR count). The van der Waals surface area contributed by atoms with Crippen molar-refractivity contribution < 1.29 is 19.8 Å². The third kappa shape index (κ3) is 6.58. The fourth-order valence-corrected chi connectivity index (χ4v) is 2.88. The molecule has 0 saturated carbocycles. The molecule has 0 radical (unpaired) electrons. The van der Waals surface area contributed by atoms with E-state index in [1.807, 2.05) is 4.90 Å². The predicted octanol–water partition coefficient (Wildman–Crippen LogP) is 0.374. The lowest BCUT2D eigenvalue weighted by Gasteiger charge is -2.35. The Kier molecular flexibility index (Phi) is 7.57. The average Bonchev–Trinajstić information content (AvgIpc) is 2.58. The summed E-state index contributed by atoms with van der Waals surface area (Å²) in [5.41, 5.74) is 0.483. The van der Waals surface area contributed by atoms with Crippen molar-refractivity contribution in [2.75, 3.05) is 51.2 Å². The van der Waals surface area contributed by atoms with Gasteiger partial charge in [0.15, 0.2) is 0 Å². The summed E-state index contributed by atoms with van der Waals surface area (Å²) in [4.78, 5) is 31.6. The number of β-amino-alcohol motifs (C(OH)–C–C–N with tert-alkyl or cyclic N) is 1. The molecule has 1 fully saturated rings. The minimum absolute atomic E-state index is 0.102. The summed E-state index contributed by atoms with van der Waals surface area (Å²) in [5.74, 6) is -2.12. The maximum atomic E-state index is 12.1. The number of halogens is 1. The van der Waals surface area contributed by atoms with Crippen LogP contribution in [0.2, 0.25) is 5.15 Å². The van der Waals surface area contributed by atoms with Gasteiger partial charge in [-0.2, -0.15) is 0 Å². The van der Waals surface area contributed by atoms with E-state index in [0.717, 1.165) is 26.2 Å². The van der Waals surface area contributed by atoms with Crippen LogP contribution in [-0.2, 0) is 9.59 Å². The Morgan fingerprint density at radius 3 is 2.48 bits per heavy atom. The number of anilines is 1. The number of pyridine rings is 1. The van der Waals surface area contributed by atoms with Crippen molar-refractivity contribution in [3.63, 3.8) is 0 Å². The van der Waals surface area contributed by atoms with Gasteiger partial charge in [0.05, 0.1) is 24.4 Å². The van der Waals surface area contributed by atoms with Crippen molar-refractivity contribution in [1.82, 2.24) is 14.8 Å². The van der Waals surface area contributed by atoms with Gasteiger partial charge in [0, 0.05) is 45.7 Å². The van der Waals surface area contributed by atoms with Crippen LogP contribution in [0.1, 0.15) is 6.42 Å². The zero-order valence-electron chi connectivity index (χ0n) is 13.9. The first-order valence-corrected chi connectivity index (χ1v) is 8.55. The summed E-state index contributed by atoms with van der Waals surface area (Å²) in [7, 11) is 0. The van der Waals surface area contributed by atoms with Gasteiger partial charge in [-0.15, -0.1) is 0 Å². The van der Waals surface area contributed by atoms with E-state index in [2.05, 4.69) is 15.2 Å². The predicted molar refractivity (Wildman–Crippen MR) is 93.6 cm³/mol. The molecule has 0 aliphatic carbocycles. The topological polar surface area (TPSA) is 106 Å². The van der Waals surface area contributed by atoms with Gasteiger partial charge in [0.2, 0.25) is 5.91 Å². The molecule has 1 aliphatic rings. The molecule has 0 aromatic carbocycles. The fourth-order valence-electron chi connectivity index (χ4n) is 2.76. The number of hydrogen-bond acceptors (Lipinski definition) is 6. The molecule has 1 aliphatic heterocycles. The summed E-state index contributed by atoms with van der Waals surface area (Å²) in [6.45, 7) is 4.11. The number of aliphatic hydroxyl groups excluding tert-OH is 1. The van der Waals surface area contributed by atoms with Crippen LogP contribution in [0.25, 0.3) is 0 Å². The molecule has 8 nitrogen and oxygen atoms in total. The van der Waals surface area contributed by atoms with E-state index in [4.69, 9.17) is 16.7 Å². The fraction of sp³-hybridized carbons (Fsp3) is 0.562. The zero-order valence-corrected chi connectivity index (χ0v) is 14.7. The van der Waals surface area contributed by atoms with Crippen molar-refractivity contribution in [3.05, 3.63) is 23.5 Å². The standard InChI is InChI=1S/C16H23ClN4O4/c17-14-2-1-13(10-18-14)19-15(23)9-12(16(24)25)11-21-5-3-20(4-6-21)7-8-22/h1-2,10,12,22H,3-9,11H2,(H,19,23)(H,24,25)/t12-/m1/s1. The van der Waals surface area contributed by atoms with E-state index in [1.165, 1.54) is 6.20 Å². The van der Waals surface area contributed by atoms with E-state index in [1.54, 1.807) is 12.1 Å². The highest BCUT2D eigenvalue weighted by atomic mass is 35.5. The molecule has 3 N–H and O–H groups in total. The Balaban J connectivity index is 1.83. The van der Waals surface area contributed by atoms with Gasteiger partial charge in [-0.25, -0.2) is 4.98 Å². The summed E-state index contributed by atoms with van der Waals surface area (Å²) < 4.78 is 0. The Labute approximate surface area is 151 Å². The van der Waals surface area contributed by atoms with Crippen LogP contribution in [0.4, 0.5) is 5.69 Å². The van der Waals surface area contributed by atoms with Crippen LogP contribution in [0.5, 0.6) is 0 Å². The van der Waals surface area contributed by atoms with Gasteiger partial charge in [-0.05, 0) is 12.1 Å². The number of nitrogens with one attached hydrogen (secondary N) is 1. The van der Waals surface area contributed by atoms with E-state index >= 15 is 0 Å². The second-order valence-electron chi connectivity index (χ2n) is 6.02. The minimum atomic E-state index is -0.984. The van der Waals surface area contributed by atoms with Crippen molar-refractivity contribution in [2.45, 2.75) is 6.42 Å². The molecule has 9 heteroatoms. The number of aliphatic carboxylic acids is 1. The van der Waals surface area contributed by atoms with Crippen LogP contribution < -0.4 is 5.32 Å². The Morgan fingerprint density at radius 1 is 1.24 bits per heavy atom. The van der Waals surface area contributed by atoms with Crippen molar-refractivity contribution in [2.24, 2.45) is 5.92 Å². The van der Waals surface area contributed by atoms with Crippen molar-refractivity contribution in [3.8, 4) is 0 Å². The van der Waals surface area contributed by atoms with Crippen molar-refractivity contribution >= 4 is 29.2 Å². The smallest absolute Gasteiger partial charge is 0.308 e. The molecule has 25 heavy (non-hydrogen) atoms. The van der Waals surface area contributed by atoms with Crippen LogP contribution in [0.3, 0.4) is 0 Å². The van der Waals surface area contributed by atoms with Gasteiger partial charge in [0.1, 0.15) is 5.15 Å². The molecule has 1 saturated heterocycles. The Hall–Kier alpha value is -1.74. The van der Waals surface area contributed by atoms with Crippen LogP contribution in [0, 0.1) is 5.92 Å². The number of carbonyl (C=O) groups excluding carboxylic acids is 1. The number of carboxylic acid groups (broad SMARTS) is 1. The number of aliphatic hydroxyl groups is 1. The SMILES string of the molecule is O=C(C[C@H](CN1CCN(CCO)CC1)C(=O)O)Nc1ccc(Cl)nc1. The number of aromatic nitrogens is 1. The number of carbonyl (C=O) groups is 2. The van der Waals surface area contributed by atoms with E-state index in [0.29, 0.717) is 23.9 Å². The molecule has 0 unspecified atom stereocenters. The number of hydrogen-bond donors (Lipinski definition) is 3. The Bertz CT molecular complexity index is 576. The largest absolute Gasteiger partial charge is 0.481 e. The van der Waals surface area contributed by atoms with Crippen LogP contribution in [-0.4, -0.2) is 82.7 Å². The number of piperazine rings is 1. The second kappa shape index (κ2) is 9.67. The third-order valence-electron chi connectivity index (χ3n) is 4.15. The first-order chi connectivity index (χ1) is 12.0. The third-order valence-corrected chi connectivity index (χ3v) is 4.38. The highest BCUT2D eigenvalue weighted by Crippen LogP contribution is 2.13. The molecule has 0 spiro atoms. The first-order valence-electron chi connectivity index (χ1n) is 8.17. The van der Waals surface area contributed by atoms with Gasteiger partial charge in [-0.1, -0.05) is 11.6 Å². The molecule has 2 heterocycles. The second-order valence-corrected chi connectivity index (χ2v) is 6.41. The van der Waals surface area contributed by atoms with Crippen molar-refractivity contribution in [1.29, 1.82) is 0 Å². The van der Waals surface area contributed by atoms with E-state index < -0.39 is 11.9 Å². The average molecular weight is 371 g/mol. The number of rotatable bonds is 8. The maximum absolute atomic E-state index is 12.1. The summed E-state index contributed by atoms with van der Waals surface area (Å²) in [6.07, 6.45) is 1.32. The first kappa shape index (κ1) is 19.6. The molecule has 1 aromatic rings. The summed E-state index contributed by atoms with van der Waals surface area (Å²) >= 11 is 5.69. The summed E-state index contributed by atoms with van der Waals surface area (Å²) in [6, 6.07) is 3.17. The van der Waals surface area contributed by atoms with Gasteiger partial charge >= 0.3 is 5.97 Å². The lowest BCUT2D eigenvalue weighted by Crippen LogP contribution is -2.49. The zero-order chi connectivity index (χ0) is 18.2. The monoisotopic (exact) mass is 370 g/mol. The quantitative estimate of drug-likeness (QED) is 0.568. The highest BCUT2D eigenvalue weighted by Gasteiger charge is 2.26. The minimum Gasteiger partial charge on any atom is -0.481 e. The molecule has 1 atom stereocenters. The number of nitrogens with zero attached hydrogens (tertiary/aromatic N) is 3. The van der Waals surface area contributed by atoms with Crippen LogP contribution in [0.15, 0.2) is 18.3 Å². The highest BCUT2D eigenvalue weighted by molar-refractivity contribution is 6.29.